The molecule has 0 atom stereocenters. The number of fused-ring (bicyclic) bond motifs is 1. The number of carbonyl (C=O) groups excluding carboxylic acids is 1. The second-order valence-corrected chi connectivity index (χ2v) is 5.48. The van der Waals surface area contributed by atoms with Gasteiger partial charge in [-0.05, 0) is 30.3 Å². The molecular weight excluding hydrogens is 306 g/mol. The van der Waals surface area contributed by atoms with Crippen molar-refractivity contribution in [1.82, 2.24) is 9.97 Å². The molecule has 0 aliphatic rings. The zero-order valence-electron chi connectivity index (χ0n) is 13.4. The molecule has 3 aromatic rings. The molecule has 24 heavy (non-hydrogen) atoms. The van der Waals surface area contributed by atoms with E-state index in [1.54, 1.807) is 30.3 Å². The standard InChI is InChI=1S/C17H17N5O2/c1-22(2)11-4-3-5-12(9-11)24-16(23)10-6-7-14-13(8-10)15(18)21-17(19)20-14/h3-9H,1-2H3,(H4,18,19,20,21). The fourth-order valence-corrected chi connectivity index (χ4v) is 2.29. The maximum Gasteiger partial charge on any atom is 0.343 e. The van der Waals surface area contributed by atoms with Gasteiger partial charge in [-0.15, -0.1) is 0 Å². The number of anilines is 3. The van der Waals surface area contributed by atoms with Gasteiger partial charge in [-0.3, -0.25) is 0 Å². The Morgan fingerprint density at radius 3 is 2.62 bits per heavy atom. The third kappa shape index (κ3) is 3.05. The van der Waals surface area contributed by atoms with Crippen LogP contribution >= 0.6 is 0 Å². The predicted molar refractivity (Wildman–Crippen MR) is 94.1 cm³/mol. The molecule has 1 heterocycles. The SMILES string of the molecule is CN(C)c1cccc(OC(=O)c2ccc3nc(N)nc(N)c3c2)c1. The average molecular weight is 323 g/mol. The molecule has 0 saturated heterocycles. The topological polar surface area (TPSA) is 107 Å². The van der Waals surface area contributed by atoms with Crippen LogP contribution in [-0.4, -0.2) is 30.0 Å². The molecule has 0 unspecified atom stereocenters. The Balaban J connectivity index is 1.90. The largest absolute Gasteiger partial charge is 0.423 e. The molecule has 0 aliphatic carbocycles. The van der Waals surface area contributed by atoms with Gasteiger partial charge in [0.2, 0.25) is 5.95 Å². The fraction of sp³-hybridized carbons (Fsp3) is 0.118. The van der Waals surface area contributed by atoms with Gasteiger partial charge in [0, 0.05) is 31.2 Å². The number of esters is 1. The van der Waals surface area contributed by atoms with Gasteiger partial charge in [0.15, 0.2) is 0 Å². The van der Waals surface area contributed by atoms with Crippen LogP contribution in [0, 0.1) is 0 Å². The average Bonchev–Trinajstić information content (AvgIpc) is 2.54. The van der Waals surface area contributed by atoms with E-state index < -0.39 is 5.97 Å². The van der Waals surface area contributed by atoms with Crippen LogP contribution in [0.4, 0.5) is 17.5 Å². The van der Waals surface area contributed by atoms with Gasteiger partial charge < -0.3 is 21.1 Å². The molecule has 1 aromatic heterocycles. The summed E-state index contributed by atoms with van der Waals surface area (Å²) in [5.74, 6) is 0.300. The van der Waals surface area contributed by atoms with Crippen molar-refractivity contribution in [2.75, 3.05) is 30.5 Å². The van der Waals surface area contributed by atoms with E-state index in [0.29, 0.717) is 22.2 Å². The first-order valence-corrected chi connectivity index (χ1v) is 7.26. The van der Waals surface area contributed by atoms with Gasteiger partial charge in [0.1, 0.15) is 11.6 Å². The van der Waals surface area contributed by atoms with E-state index >= 15 is 0 Å². The van der Waals surface area contributed by atoms with Crippen molar-refractivity contribution in [2.24, 2.45) is 0 Å². The molecule has 0 amide bonds. The minimum atomic E-state index is -0.482. The van der Waals surface area contributed by atoms with Gasteiger partial charge >= 0.3 is 5.97 Å². The van der Waals surface area contributed by atoms with Crippen LogP contribution in [0.3, 0.4) is 0 Å². The Morgan fingerprint density at radius 1 is 1.08 bits per heavy atom. The molecule has 7 heteroatoms. The lowest BCUT2D eigenvalue weighted by molar-refractivity contribution is 0.0735. The van der Waals surface area contributed by atoms with Crippen LogP contribution in [0.1, 0.15) is 10.4 Å². The molecule has 0 radical (unpaired) electrons. The van der Waals surface area contributed by atoms with Crippen molar-refractivity contribution < 1.29 is 9.53 Å². The molecule has 0 saturated carbocycles. The molecular formula is C17H17N5O2. The van der Waals surface area contributed by atoms with Crippen LogP contribution in [0.2, 0.25) is 0 Å². The minimum absolute atomic E-state index is 0.0934. The third-order valence-corrected chi connectivity index (χ3v) is 3.52. The first-order chi connectivity index (χ1) is 11.4. The molecule has 3 rings (SSSR count). The quantitative estimate of drug-likeness (QED) is 0.561. The molecule has 0 bridgehead atoms. The van der Waals surface area contributed by atoms with Crippen LogP contribution < -0.4 is 21.1 Å². The summed E-state index contributed by atoms with van der Waals surface area (Å²) in [6.45, 7) is 0. The number of nitrogens with zero attached hydrogens (tertiary/aromatic N) is 3. The summed E-state index contributed by atoms with van der Waals surface area (Å²) in [5, 5.41) is 0.556. The van der Waals surface area contributed by atoms with E-state index in [1.165, 1.54) is 0 Å². The van der Waals surface area contributed by atoms with Crippen molar-refractivity contribution in [3.8, 4) is 5.75 Å². The first kappa shape index (κ1) is 15.5. The summed E-state index contributed by atoms with van der Waals surface area (Å²) in [4.78, 5) is 22.3. The van der Waals surface area contributed by atoms with Gasteiger partial charge in [-0.1, -0.05) is 6.07 Å². The van der Waals surface area contributed by atoms with E-state index in [4.69, 9.17) is 16.2 Å². The van der Waals surface area contributed by atoms with Crippen LogP contribution in [0.5, 0.6) is 5.75 Å². The number of ether oxygens (including phenoxy) is 1. The lowest BCUT2D eigenvalue weighted by Gasteiger charge is -2.13. The lowest BCUT2D eigenvalue weighted by atomic mass is 10.1. The zero-order valence-corrected chi connectivity index (χ0v) is 13.4. The Labute approximate surface area is 138 Å². The van der Waals surface area contributed by atoms with Gasteiger partial charge in [0.05, 0.1) is 11.1 Å². The molecule has 0 spiro atoms. The summed E-state index contributed by atoms with van der Waals surface area (Å²) >= 11 is 0. The number of hydrogen-bond donors (Lipinski definition) is 2. The number of benzene rings is 2. The number of carbonyl (C=O) groups is 1. The number of aromatic nitrogens is 2. The number of nitrogen functional groups attached to an aromatic ring is 2. The number of rotatable bonds is 3. The van der Waals surface area contributed by atoms with E-state index in [9.17, 15) is 4.79 Å². The highest BCUT2D eigenvalue weighted by atomic mass is 16.5. The Hall–Kier alpha value is -3.35. The van der Waals surface area contributed by atoms with Crippen LogP contribution in [0.15, 0.2) is 42.5 Å². The van der Waals surface area contributed by atoms with E-state index in [1.807, 2.05) is 31.1 Å². The van der Waals surface area contributed by atoms with Crippen molar-refractivity contribution >= 4 is 34.3 Å². The van der Waals surface area contributed by atoms with E-state index in [-0.39, 0.29) is 11.8 Å². The number of hydrogen-bond acceptors (Lipinski definition) is 7. The van der Waals surface area contributed by atoms with Gasteiger partial charge in [-0.25, -0.2) is 9.78 Å². The van der Waals surface area contributed by atoms with E-state index in [0.717, 1.165) is 5.69 Å². The summed E-state index contributed by atoms with van der Waals surface area (Å²) in [6, 6.07) is 12.1. The molecule has 0 fully saturated rings. The summed E-state index contributed by atoms with van der Waals surface area (Å²) in [6.07, 6.45) is 0. The van der Waals surface area contributed by atoms with Crippen molar-refractivity contribution in [1.29, 1.82) is 0 Å². The highest BCUT2D eigenvalue weighted by Gasteiger charge is 2.12. The highest BCUT2D eigenvalue weighted by molar-refractivity contribution is 5.98. The van der Waals surface area contributed by atoms with Crippen LogP contribution in [-0.2, 0) is 0 Å². The normalized spacial score (nSPS) is 10.6. The maximum atomic E-state index is 12.4. The smallest absolute Gasteiger partial charge is 0.343 e. The zero-order chi connectivity index (χ0) is 17.3. The second kappa shape index (κ2) is 6.04. The van der Waals surface area contributed by atoms with Crippen molar-refractivity contribution in [3.63, 3.8) is 0 Å². The molecule has 0 aliphatic heterocycles. The fourth-order valence-electron chi connectivity index (χ4n) is 2.29. The van der Waals surface area contributed by atoms with Crippen molar-refractivity contribution in [2.45, 2.75) is 0 Å². The summed E-state index contributed by atoms with van der Waals surface area (Å²) in [7, 11) is 3.83. The maximum absolute atomic E-state index is 12.4. The van der Waals surface area contributed by atoms with Gasteiger partial charge in [-0.2, -0.15) is 4.98 Å². The van der Waals surface area contributed by atoms with E-state index in [2.05, 4.69) is 9.97 Å². The predicted octanol–water partition coefficient (Wildman–Crippen LogP) is 2.08. The summed E-state index contributed by atoms with van der Waals surface area (Å²) in [5.41, 5.74) is 13.3. The highest BCUT2D eigenvalue weighted by Crippen LogP contribution is 2.23. The van der Waals surface area contributed by atoms with Crippen LogP contribution in [0.25, 0.3) is 10.9 Å². The molecule has 4 N–H and O–H groups in total. The first-order valence-electron chi connectivity index (χ1n) is 7.26. The minimum Gasteiger partial charge on any atom is -0.423 e. The summed E-state index contributed by atoms with van der Waals surface area (Å²) < 4.78 is 5.43. The number of nitrogens with two attached hydrogens (primary N) is 2. The Morgan fingerprint density at radius 2 is 1.88 bits per heavy atom. The molecule has 7 nitrogen and oxygen atoms in total. The molecule has 2 aromatic carbocycles. The Kier molecular flexibility index (Phi) is 3.91. The third-order valence-electron chi connectivity index (χ3n) is 3.52. The van der Waals surface area contributed by atoms with Gasteiger partial charge in [0.25, 0.3) is 0 Å². The lowest BCUT2D eigenvalue weighted by Crippen LogP contribution is -2.11. The Bertz CT molecular complexity index is 924. The second-order valence-electron chi connectivity index (χ2n) is 5.48. The monoisotopic (exact) mass is 323 g/mol. The molecule has 122 valence electrons. The van der Waals surface area contributed by atoms with Crippen molar-refractivity contribution in [3.05, 3.63) is 48.0 Å².